The Balaban J connectivity index is 2.79. The minimum Gasteiger partial charge on any atom is -0.362 e. The van der Waals surface area contributed by atoms with Gasteiger partial charge in [-0.25, -0.2) is 0 Å². The third kappa shape index (κ3) is 4.00. The molecule has 0 aliphatic heterocycles. The van der Waals surface area contributed by atoms with Crippen molar-refractivity contribution in [2.24, 2.45) is 0 Å². The number of ketones is 1. The Kier molecular flexibility index (Phi) is 4.03. The molecule has 1 aromatic rings. The summed E-state index contributed by atoms with van der Waals surface area (Å²) in [6, 6.07) is 5.55. The maximum Gasteiger partial charge on any atom is 0.446 e. The lowest BCUT2D eigenvalue weighted by atomic mass is 10.1. The molecule has 0 spiro atoms. The van der Waals surface area contributed by atoms with Gasteiger partial charge in [0.1, 0.15) is 5.75 Å². The van der Waals surface area contributed by atoms with E-state index in [0.29, 0.717) is 12.0 Å². The van der Waals surface area contributed by atoms with Crippen molar-refractivity contribution in [3.8, 4) is 5.75 Å². The summed E-state index contributed by atoms with van der Waals surface area (Å²) < 4.78 is 33.4. The van der Waals surface area contributed by atoms with Crippen molar-refractivity contribution in [2.45, 2.75) is 19.8 Å². The lowest BCUT2D eigenvalue weighted by Gasteiger charge is -2.02. The second-order valence-electron chi connectivity index (χ2n) is 3.21. The molecule has 0 aromatic heterocycles. The lowest BCUT2D eigenvalue weighted by Crippen LogP contribution is -2.06. The van der Waals surface area contributed by atoms with Crippen molar-refractivity contribution >= 4 is 16.2 Å². The van der Waals surface area contributed by atoms with Crippen molar-refractivity contribution in [1.29, 1.82) is 0 Å². The second kappa shape index (κ2) is 5.09. The molecule has 0 aliphatic rings. The molecule has 0 amide bonds. The number of carbonyl (C=O) groups excluding carboxylic acids is 1. The molecule has 0 bridgehead atoms. The van der Waals surface area contributed by atoms with Gasteiger partial charge in [0, 0.05) is 12.0 Å². The molecule has 1 rings (SSSR count). The zero-order chi connectivity index (χ0) is 12.2. The van der Waals surface area contributed by atoms with Gasteiger partial charge in [0.2, 0.25) is 0 Å². The zero-order valence-corrected chi connectivity index (χ0v) is 9.53. The Morgan fingerprint density at radius 3 is 2.31 bits per heavy atom. The van der Waals surface area contributed by atoms with Crippen LogP contribution in [0.3, 0.4) is 0 Å². The van der Waals surface area contributed by atoms with Crippen LogP contribution in [0, 0.1) is 0 Å². The highest BCUT2D eigenvalue weighted by molar-refractivity contribution is 7.81. The molecular formula is C10H12O5S. The molecule has 0 saturated heterocycles. The highest BCUT2D eigenvalue weighted by Crippen LogP contribution is 2.15. The number of hydrogen-bond acceptors (Lipinski definition) is 4. The molecule has 0 radical (unpaired) electrons. The number of Topliss-reactive ketones (excluding diaryl/α,β-unsaturated/α-hetero) is 1. The molecule has 0 unspecified atom stereocenters. The van der Waals surface area contributed by atoms with Gasteiger partial charge >= 0.3 is 10.4 Å². The highest BCUT2D eigenvalue weighted by Gasteiger charge is 2.08. The van der Waals surface area contributed by atoms with E-state index in [1.165, 1.54) is 24.3 Å². The standard InChI is InChI=1S/C10H12O5S/c1-2-3-10(11)8-4-6-9(7-5-8)15-16(12,13)14/h4-7H,2-3H2,1H3,(H,12,13,14). The van der Waals surface area contributed by atoms with Crippen LogP contribution in [-0.2, 0) is 10.4 Å². The minimum absolute atomic E-state index is 0.0131. The number of rotatable bonds is 5. The number of hydrogen-bond donors (Lipinski definition) is 1. The van der Waals surface area contributed by atoms with Crippen LogP contribution in [-0.4, -0.2) is 18.8 Å². The van der Waals surface area contributed by atoms with Crippen LogP contribution in [0.1, 0.15) is 30.1 Å². The Hall–Kier alpha value is -1.40. The first-order chi connectivity index (χ1) is 7.42. The molecule has 0 heterocycles. The van der Waals surface area contributed by atoms with E-state index in [1.54, 1.807) is 0 Å². The lowest BCUT2D eigenvalue weighted by molar-refractivity contribution is 0.0981. The van der Waals surface area contributed by atoms with E-state index in [4.69, 9.17) is 4.55 Å². The van der Waals surface area contributed by atoms with Crippen LogP contribution in [0.15, 0.2) is 24.3 Å². The van der Waals surface area contributed by atoms with E-state index in [0.717, 1.165) is 6.42 Å². The number of carbonyl (C=O) groups is 1. The maximum atomic E-state index is 11.4. The molecule has 0 saturated carbocycles. The minimum atomic E-state index is -4.51. The van der Waals surface area contributed by atoms with Crippen LogP contribution < -0.4 is 4.18 Å². The first kappa shape index (κ1) is 12.7. The largest absolute Gasteiger partial charge is 0.446 e. The molecule has 5 nitrogen and oxygen atoms in total. The summed E-state index contributed by atoms with van der Waals surface area (Å²) in [4.78, 5) is 11.4. The summed E-state index contributed by atoms with van der Waals surface area (Å²) in [7, 11) is -4.51. The SMILES string of the molecule is CCCC(=O)c1ccc(OS(=O)(=O)O)cc1. The number of benzene rings is 1. The van der Waals surface area contributed by atoms with E-state index < -0.39 is 10.4 Å². The predicted octanol–water partition coefficient (Wildman–Crippen LogP) is 1.85. The topological polar surface area (TPSA) is 80.7 Å². The van der Waals surface area contributed by atoms with E-state index in [-0.39, 0.29) is 11.5 Å². The van der Waals surface area contributed by atoms with Crippen molar-refractivity contribution in [1.82, 2.24) is 0 Å². The third-order valence-corrected chi connectivity index (χ3v) is 2.26. The van der Waals surface area contributed by atoms with Crippen LogP contribution in [0.25, 0.3) is 0 Å². The average Bonchev–Trinajstić information content (AvgIpc) is 2.16. The summed E-state index contributed by atoms with van der Waals surface area (Å²) >= 11 is 0. The van der Waals surface area contributed by atoms with Crippen molar-refractivity contribution in [3.05, 3.63) is 29.8 Å². The van der Waals surface area contributed by atoms with E-state index >= 15 is 0 Å². The van der Waals surface area contributed by atoms with Gasteiger partial charge < -0.3 is 4.18 Å². The molecule has 0 aliphatic carbocycles. The summed E-state index contributed by atoms with van der Waals surface area (Å²) in [5, 5.41) is 0. The van der Waals surface area contributed by atoms with Gasteiger partial charge in [0.25, 0.3) is 0 Å². The summed E-state index contributed by atoms with van der Waals surface area (Å²) in [5.41, 5.74) is 0.490. The van der Waals surface area contributed by atoms with E-state index in [2.05, 4.69) is 4.18 Å². The highest BCUT2D eigenvalue weighted by atomic mass is 32.3. The van der Waals surface area contributed by atoms with Gasteiger partial charge in [-0.05, 0) is 30.7 Å². The van der Waals surface area contributed by atoms with Crippen molar-refractivity contribution < 1.29 is 21.9 Å². The van der Waals surface area contributed by atoms with E-state index in [9.17, 15) is 13.2 Å². The van der Waals surface area contributed by atoms with E-state index in [1.807, 2.05) is 6.92 Å². The van der Waals surface area contributed by atoms with Crippen molar-refractivity contribution in [3.63, 3.8) is 0 Å². The second-order valence-corrected chi connectivity index (χ2v) is 4.23. The van der Waals surface area contributed by atoms with Gasteiger partial charge in [-0.2, -0.15) is 8.42 Å². The van der Waals surface area contributed by atoms with Crippen LogP contribution in [0.2, 0.25) is 0 Å². The van der Waals surface area contributed by atoms with Crippen LogP contribution >= 0.6 is 0 Å². The fourth-order valence-electron chi connectivity index (χ4n) is 1.19. The third-order valence-electron chi connectivity index (χ3n) is 1.85. The zero-order valence-electron chi connectivity index (χ0n) is 8.71. The molecule has 6 heteroatoms. The Labute approximate surface area is 94.0 Å². The fourth-order valence-corrected chi connectivity index (χ4v) is 1.54. The van der Waals surface area contributed by atoms with Crippen LogP contribution in [0.4, 0.5) is 0 Å². The Bertz CT molecular complexity index is 460. The predicted molar refractivity (Wildman–Crippen MR) is 57.9 cm³/mol. The molecular weight excluding hydrogens is 232 g/mol. The first-order valence-corrected chi connectivity index (χ1v) is 6.09. The monoisotopic (exact) mass is 244 g/mol. The summed E-state index contributed by atoms with van der Waals surface area (Å²) in [5.74, 6) is -0.0449. The first-order valence-electron chi connectivity index (χ1n) is 4.72. The van der Waals surface area contributed by atoms with Gasteiger partial charge in [-0.1, -0.05) is 6.92 Å². The molecule has 16 heavy (non-hydrogen) atoms. The molecule has 1 aromatic carbocycles. The molecule has 88 valence electrons. The molecule has 0 atom stereocenters. The van der Waals surface area contributed by atoms with Gasteiger partial charge in [0.15, 0.2) is 5.78 Å². The van der Waals surface area contributed by atoms with Gasteiger partial charge in [-0.3, -0.25) is 9.35 Å². The van der Waals surface area contributed by atoms with Gasteiger partial charge in [-0.15, -0.1) is 0 Å². The maximum absolute atomic E-state index is 11.4. The average molecular weight is 244 g/mol. The van der Waals surface area contributed by atoms with Crippen LogP contribution in [0.5, 0.6) is 5.75 Å². The quantitative estimate of drug-likeness (QED) is 0.631. The fraction of sp³-hybridized carbons (Fsp3) is 0.300. The Morgan fingerprint density at radius 1 is 1.31 bits per heavy atom. The summed E-state index contributed by atoms with van der Waals surface area (Å²) in [6.45, 7) is 1.90. The Morgan fingerprint density at radius 2 is 1.88 bits per heavy atom. The summed E-state index contributed by atoms with van der Waals surface area (Å²) in [6.07, 6.45) is 1.20. The molecule has 1 N–H and O–H groups in total. The van der Waals surface area contributed by atoms with Gasteiger partial charge in [0.05, 0.1) is 0 Å². The smallest absolute Gasteiger partial charge is 0.362 e. The van der Waals surface area contributed by atoms with Crippen molar-refractivity contribution in [2.75, 3.05) is 0 Å². The molecule has 0 fully saturated rings. The normalized spacial score (nSPS) is 11.1.